The summed E-state index contributed by atoms with van der Waals surface area (Å²) in [5.41, 5.74) is -0.0509. The molecule has 8 heteroatoms. The Kier molecular flexibility index (Phi) is 4.42. The van der Waals surface area contributed by atoms with Gasteiger partial charge in [-0.25, -0.2) is 9.78 Å². The number of aromatic nitrogens is 1. The molecule has 1 atom stereocenters. The molecule has 1 aromatic heterocycles. The van der Waals surface area contributed by atoms with Crippen LogP contribution in [0.4, 0.5) is 4.79 Å². The number of nitrogens with zero attached hydrogens (tertiary/aromatic N) is 2. The minimum Gasteiger partial charge on any atom is -0.319 e. The van der Waals surface area contributed by atoms with E-state index in [1.807, 2.05) is 0 Å². The van der Waals surface area contributed by atoms with Crippen molar-refractivity contribution in [2.45, 2.75) is 19.0 Å². The Labute approximate surface area is 153 Å². The molecule has 1 aliphatic heterocycles. The van der Waals surface area contributed by atoms with Gasteiger partial charge in [-0.15, -0.1) is 0 Å². The van der Waals surface area contributed by atoms with Crippen molar-refractivity contribution < 1.29 is 9.59 Å². The number of carbonyl (C=O) groups is 2. The van der Waals surface area contributed by atoms with E-state index in [4.69, 9.17) is 34.8 Å². The van der Waals surface area contributed by atoms with Gasteiger partial charge in [0.15, 0.2) is 0 Å². The standard InChI is InChI=1S/C16H12Cl3N3O2/c1-16(10-3-2-4-11(17)7-10)14(23)22(15(24)21-16)8-9-5-6-12(18)20-13(9)19/h2-7H,8H2,1H3,(H,21,24). The van der Waals surface area contributed by atoms with E-state index in [-0.39, 0.29) is 22.8 Å². The van der Waals surface area contributed by atoms with Crippen LogP contribution >= 0.6 is 34.8 Å². The molecule has 0 radical (unpaired) electrons. The largest absolute Gasteiger partial charge is 0.325 e. The highest BCUT2D eigenvalue weighted by Crippen LogP contribution is 2.31. The van der Waals surface area contributed by atoms with E-state index in [2.05, 4.69) is 10.3 Å². The molecule has 1 aliphatic rings. The predicted molar refractivity (Wildman–Crippen MR) is 92.1 cm³/mol. The van der Waals surface area contributed by atoms with Gasteiger partial charge in [0.2, 0.25) is 0 Å². The van der Waals surface area contributed by atoms with Crippen LogP contribution < -0.4 is 5.32 Å². The first-order chi connectivity index (χ1) is 11.3. The van der Waals surface area contributed by atoms with Crippen molar-refractivity contribution in [1.29, 1.82) is 0 Å². The first kappa shape index (κ1) is 17.0. The van der Waals surface area contributed by atoms with Crippen LogP contribution in [0.25, 0.3) is 0 Å². The van der Waals surface area contributed by atoms with E-state index >= 15 is 0 Å². The molecule has 0 spiro atoms. The first-order valence-corrected chi connectivity index (χ1v) is 8.16. The SMILES string of the molecule is CC1(c2cccc(Cl)c2)NC(=O)N(Cc2ccc(Cl)nc2Cl)C1=O. The van der Waals surface area contributed by atoms with Crippen molar-refractivity contribution in [3.63, 3.8) is 0 Å². The fourth-order valence-corrected chi connectivity index (χ4v) is 3.16. The number of hydrogen-bond donors (Lipinski definition) is 1. The molecule has 2 aromatic rings. The number of nitrogens with one attached hydrogen (secondary N) is 1. The molecule has 1 fully saturated rings. The third kappa shape index (κ3) is 2.95. The number of rotatable bonds is 3. The second-order valence-corrected chi connectivity index (χ2v) is 6.72. The van der Waals surface area contributed by atoms with Gasteiger partial charge in [0.05, 0.1) is 6.54 Å². The highest BCUT2D eigenvalue weighted by molar-refractivity contribution is 6.33. The topological polar surface area (TPSA) is 62.3 Å². The van der Waals surface area contributed by atoms with Crippen molar-refractivity contribution in [3.05, 3.63) is 62.9 Å². The monoisotopic (exact) mass is 383 g/mol. The molecule has 1 saturated heterocycles. The second kappa shape index (κ2) is 6.24. The number of hydrogen-bond acceptors (Lipinski definition) is 3. The zero-order valence-electron chi connectivity index (χ0n) is 12.5. The Morgan fingerprint density at radius 3 is 2.58 bits per heavy atom. The summed E-state index contributed by atoms with van der Waals surface area (Å²) in [6.45, 7) is 1.64. The van der Waals surface area contributed by atoms with E-state index in [0.717, 1.165) is 4.90 Å². The Hall–Kier alpha value is -1.82. The minimum absolute atomic E-state index is 0.00379. The number of halogens is 3. The van der Waals surface area contributed by atoms with Crippen LogP contribution in [-0.2, 0) is 16.9 Å². The zero-order valence-corrected chi connectivity index (χ0v) is 14.8. The molecule has 1 N–H and O–H groups in total. The van der Waals surface area contributed by atoms with Gasteiger partial charge in [-0.3, -0.25) is 9.69 Å². The lowest BCUT2D eigenvalue weighted by Gasteiger charge is -2.22. The molecule has 2 heterocycles. The van der Waals surface area contributed by atoms with Crippen molar-refractivity contribution in [2.24, 2.45) is 0 Å². The molecule has 3 rings (SSSR count). The van der Waals surface area contributed by atoms with Crippen LogP contribution in [0.2, 0.25) is 15.3 Å². The van der Waals surface area contributed by atoms with E-state index in [9.17, 15) is 9.59 Å². The number of benzene rings is 1. The number of urea groups is 1. The van der Waals surface area contributed by atoms with E-state index < -0.39 is 11.6 Å². The third-order valence-electron chi connectivity index (χ3n) is 3.90. The van der Waals surface area contributed by atoms with Crippen LogP contribution in [0, 0.1) is 0 Å². The smallest absolute Gasteiger partial charge is 0.319 e. The Bertz CT molecular complexity index is 843. The molecule has 124 valence electrons. The van der Waals surface area contributed by atoms with E-state index in [1.165, 1.54) is 0 Å². The van der Waals surface area contributed by atoms with Crippen molar-refractivity contribution in [3.8, 4) is 0 Å². The summed E-state index contributed by atoms with van der Waals surface area (Å²) in [4.78, 5) is 30.2. The van der Waals surface area contributed by atoms with Crippen LogP contribution in [0.3, 0.4) is 0 Å². The van der Waals surface area contributed by atoms with Crippen molar-refractivity contribution >= 4 is 46.7 Å². The summed E-state index contributed by atoms with van der Waals surface area (Å²) in [5, 5.41) is 3.59. The lowest BCUT2D eigenvalue weighted by Crippen LogP contribution is -2.40. The van der Waals surface area contributed by atoms with Gasteiger partial charge in [0, 0.05) is 10.6 Å². The van der Waals surface area contributed by atoms with Crippen molar-refractivity contribution in [2.75, 3.05) is 0 Å². The van der Waals surface area contributed by atoms with Crippen LogP contribution in [0.1, 0.15) is 18.1 Å². The number of pyridine rings is 1. The number of carbonyl (C=O) groups excluding carboxylic acids is 2. The Morgan fingerprint density at radius 1 is 1.17 bits per heavy atom. The van der Waals surface area contributed by atoms with Crippen LogP contribution in [0.5, 0.6) is 0 Å². The summed E-state index contributed by atoms with van der Waals surface area (Å²) < 4.78 is 0. The molecular formula is C16H12Cl3N3O2. The molecular weight excluding hydrogens is 373 g/mol. The van der Waals surface area contributed by atoms with Crippen LogP contribution in [-0.4, -0.2) is 21.8 Å². The maximum Gasteiger partial charge on any atom is 0.325 e. The highest BCUT2D eigenvalue weighted by atomic mass is 35.5. The highest BCUT2D eigenvalue weighted by Gasteiger charge is 2.49. The fraction of sp³-hybridized carbons (Fsp3) is 0.188. The van der Waals surface area contributed by atoms with Crippen LogP contribution in [0.15, 0.2) is 36.4 Å². The Morgan fingerprint density at radius 2 is 1.92 bits per heavy atom. The summed E-state index contributed by atoms with van der Waals surface area (Å²) in [7, 11) is 0. The fourth-order valence-electron chi connectivity index (χ4n) is 2.56. The van der Waals surface area contributed by atoms with E-state index in [0.29, 0.717) is 16.1 Å². The molecule has 24 heavy (non-hydrogen) atoms. The van der Waals surface area contributed by atoms with Gasteiger partial charge in [0.25, 0.3) is 5.91 Å². The first-order valence-electron chi connectivity index (χ1n) is 7.02. The maximum absolute atomic E-state index is 12.8. The maximum atomic E-state index is 12.8. The molecule has 0 aliphatic carbocycles. The van der Waals surface area contributed by atoms with Gasteiger partial charge in [-0.1, -0.05) is 53.0 Å². The predicted octanol–water partition coefficient (Wildman–Crippen LogP) is 4.01. The minimum atomic E-state index is -1.19. The molecule has 1 aromatic carbocycles. The lowest BCUT2D eigenvalue weighted by atomic mass is 9.92. The Balaban J connectivity index is 1.91. The molecule has 0 saturated carbocycles. The van der Waals surface area contributed by atoms with Gasteiger partial charge < -0.3 is 5.32 Å². The second-order valence-electron chi connectivity index (χ2n) is 5.54. The average Bonchev–Trinajstić information content (AvgIpc) is 2.74. The summed E-state index contributed by atoms with van der Waals surface area (Å²) in [6.07, 6.45) is 0. The van der Waals surface area contributed by atoms with Gasteiger partial charge in [-0.2, -0.15) is 0 Å². The molecule has 1 unspecified atom stereocenters. The normalized spacial score (nSPS) is 20.4. The summed E-state index contributed by atoms with van der Waals surface area (Å²) in [6, 6.07) is 9.50. The summed E-state index contributed by atoms with van der Waals surface area (Å²) >= 11 is 17.8. The number of imide groups is 1. The van der Waals surface area contributed by atoms with Crippen molar-refractivity contribution in [1.82, 2.24) is 15.2 Å². The average molecular weight is 385 g/mol. The van der Waals surface area contributed by atoms with E-state index in [1.54, 1.807) is 43.3 Å². The molecule has 5 nitrogen and oxygen atoms in total. The van der Waals surface area contributed by atoms with Gasteiger partial charge >= 0.3 is 6.03 Å². The molecule has 0 bridgehead atoms. The lowest BCUT2D eigenvalue weighted by molar-refractivity contribution is -0.131. The summed E-state index contributed by atoms with van der Waals surface area (Å²) in [5.74, 6) is -0.388. The number of amides is 3. The quantitative estimate of drug-likeness (QED) is 0.642. The zero-order chi connectivity index (χ0) is 17.5. The van der Waals surface area contributed by atoms with Gasteiger partial charge in [-0.05, 0) is 30.7 Å². The third-order valence-corrected chi connectivity index (χ3v) is 4.67. The van der Waals surface area contributed by atoms with Gasteiger partial charge in [0.1, 0.15) is 15.8 Å². The molecule has 3 amide bonds.